The molecule has 1 saturated carbocycles. The number of rotatable bonds is 6. The van der Waals surface area contributed by atoms with Crippen molar-refractivity contribution in [3.8, 4) is 0 Å². The van der Waals surface area contributed by atoms with Gasteiger partial charge < -0.3 is 5.32 Å². The van der Waals surface area contributed by atoms with Gasteiger partial charge in [-0.1, -0.05) is 98.5 Å². The second kappa shape index (κ2) is 10.4. The van der Waals surface area contributed by atoms with Crippen molar-refractivity contribution in [3.05, 3.63) is 123 Å². The number of hydrogen-bond donors (Lipinski definition) is 1. The Morgan fingerprint density at radius 2 is 1.22 bits per heavy atom. The van der Waals surface area contributed by atoms with Crippen LogP contribution in [0.3, 0.4) is 0 Å². The Hall–Kier alpha value is -3.06. The van der Waals surface area contributed by atoms with Crippen molar-refractivity contribution >= 4 is 5.69 Å². The summed E-state index contributed by atoms with van der Waals surface area (Å²) in [4.78, 5) is 0. The number of nitrogens with one attached hydrogen (secondary N) is 1. The van der Waals surface area contributed by atoms with Gasteiger partial charge in [0.05, 0.1) is 5.41 Å². The fraction of sp³-hybridized carbons (Fsp3) is 0.389. The number of allylic oxidation sites excluding steroid dienone is 4. The molecule has 1 heteroatoms. The number of hydrogen-bond acceptors (Lipinski definition) is 1. The second-order valence-corrected chi connectivity index (χ2v) is 11.4. The molecule has 0 amide bonds. The van der Waals surface area contributed by atoms with E-state index in [1.165, 1.54) is 87.9 Å². The van der Waals surface area contributed by atoms with E-state index >= 15 is 0 Å². The predicted molar refractivity (Wildman–Crippen MR) is 159 cm³/mol. The van der Waals surface area contributed by atoms with Gasteiger partial charge in [0.1, 0.15) is 0 Å². The first-order valence-electron chi connectivity index (χ1n) is 14.2. The lowest BCUT2D eigenvalue weighted by Crippen LogP contribution is -2.35. The molecular weight excluding hydrogens is 446 g/mol. The SMILES string of the molecule is CC1=C(C)C(C)C(C(c2ccccc2)(c2ccccc2)c2ccc(NC3CCCCC3)c(C)c2C)=C1C. The van der Waals surface area contributed by atoms with Crippen LogP contribution < -0.4 is 5.32 Å². The van der Waals surface area contributed by atoms with E-state index in [2.05, 4.69) is 120 Å². The molecule has 0 aliphatic heterocycles. The molecule has 3 aromatic rings. The molecule has 1 fully saturated rings. The first-order valence-corrected chi connectivity index (χ1v) is 14.2. The molecule has 0 heterocycles. The lowest BCUT2D eigenvalue weighted by Gasteiger charge is -2.42. The van der Waals surface area contributed by atoms with E-state index in [1.807, 2.05) is 0 Å². The van der Waals surface area contributed by atoms with E-state index in [1.54, 1.807) is 0 Å². The molecule has 0 bridgehead atoms. The summed E-state index contributed by atoms with van der Waals surface area (Å²) >= 11 is 0. The third-order valence-corrected chi connectivity index (χ3v) is 9.61. The van der Waals surface area contributed by atoms with Crippen molar-refractivity contribution in [2.75, 3.05) is 5.32 Å². The Morgan fingerprint density at radius 3 is 1.73 bits per heavy atom. The second-order valence-electron chi connectivity index (χ2n) is 11.4. The van der Waals surface area contributed by atoms with Gasteiger partial charge in [-0.05, 0) is 98.1 Å². The van der Waals surface area contributed by atoms with Crippen LogP contribution in [0.15, 0.2) is 95.1 Å². The molecule has 2 aliphatic carbocycles. The Bertz CT molecular complexity index is 1280. The minimum absolute atomic E-state index is 0.358. The first kappa shape index (κ1) is 25.6. The van der Waals surface area contributed by atoms with E-state index in [4.69, 9.17) is 0 Å². The molecule has 2 aliphatic rings. The largest absolute Gasteiger partial charge is 0.382 e. The molecule has 0 saturated heterocycles. The molecule has 1 atom stereocenters. The molecule has 3 aromatic carbocycles. The van der Waals surface area contributed by atoms with Gasteiger partial charge >= 0.3 is 0 Å². The van der Waals surface area contributed by atoms with Gasteiger partial charge in [0.15, 0.2) is 0 Å². The molecule has 1 unspecified atom stereocenters. The van der Waals surface area contributed by atoms with Crippen LogP contribution in [0.5, 0.6) is 0 Å². The van der Waals surface area contributed by atoms with Gasteiger partial charge in [0.2, 0.25) is 0 Å². The predicted octanol–water partition coefficient (Wildman–Crippen LogP) is 9.69. The van der Waals surface area contributed by atoms with Crippen molar-refractivity contribution < 1.29 is 0 Å². The van der Waals surface area contributed by atoms with Gasteiger partial charge in [0, 0.05) is 17.6 Å². The normalized spacial score (nSPS) is 19.0. The fourth-order valence-electron chi connectivity index (χ4n) is 7.13. The Labute approximate surface area is 224 Å². The highest BCUT2D eigenvalue weighted by Gasteiger charge is 2.46. The molecule has 1 nitrogen and oxygen atoms in total. The zero-order valence-corrected chi connectivity index (χ0v) is 23.6. The van der Waals surface area contributed by atoms with Crippen LogP contribution in [0.25, 0.3) is 0 Å². The lowest BCUT2D eigenvalue weighted by molar-refractivity contribution is 0.462. The minimum atomic E-state index is -0.358. The first-order chi connectivity index (χ1) is 17.9. The maximum Gasteiger partial charge on any atom is 0.0675 e. The number of anilines is 1. The van der Waals surface area contributed by atoms with E-state index in [0.717, 1.165) is 0 Å². The van der Waals surface area contributed by atoms with Crippen LogP contribution in [-0.4, -0.2) is 6.04 Å². The van der Waals surface area contributed by atoms with Crippen LogP contribution >= 0.6 is 0 Å². The highest BCUT2D eigenvalue weighted by molar-refractivity contribution is 5.69. The van der Waals surface area contributed by atoms with Crippen LogP contribution in [0.2, 0.25) is 0 Å². The molecule has 0 radical (unpaired) electrons. The maximum absolute atomic E-state index is 3.93. The molecule has 0 aromatic heterocycles. The van der Waals surface area contributed by atoms with Crippen molar-refractivity contribution in [2.45, 2.75) is 85.1 Å². The Kier molecular flexibility index (Phi) is 7.17. The molecule has 1 N–H and O–H groups in total. The average molecular weight is 490 g/mol. The van der Waals surface area contributed by atoms with Crippen molar-refractivity contribution in [1.29, 1.82) is 0 Å². The van der Waals surface area contributed by atoms with Gasteiger partial charge in [-0.3, -0.25) is 0 Å². The van der Waals surface area contributed by atoms with E-state index in [9.17, 15) is 0 Å². The van der Waals surface area contributed by atoms with Crippen molar-refractivity contribution in [3.63, 3.8) is 0 Å². The maximum atomic E-state index is 3.93. The molecule has 192 valence electrons. The molecular formula is C36H43N. The fourth-order valence-corrected chi connectivity index (χ4v) is 7.13. The third kappa shape index (κ3) is 4.27. The minimum Gasteiger partial charge on any atom is -0.382 e. The smallest absolute Gasteiger partial charge is 0.0675 e. The van der Waals surface area contributed by atoms with Crippen LogP contribution in [0.1, 0.15) is 87.6 Å². The summed E-state index contributed by atoms with van der Waals surface area (Å²) in [5.74, 6) is 0.375. The summed E-state index contributed by atoms with van der Waals surface area (Å²) in [5.41, 5.74) is 13.7. The monoisotopic (exact) mass is 489 g/mol. The number of benzene rings is 3. The zero-order valence-electron chi connectivity index (χ0n) is 23.6. The van der Waals surface area contributed by atoms with Gasteiger partial charge in [-0.15, -0.1) is 0 Å². The quantitative estimate of drug-likeness (QED) is 0.340. The Balaban J connectivity index is 1.79. The topological polar surface area (TPSA) is 12.0 Å². The highest BCUT2D eigenvalue weighted by atomic mass is 14.9. The van der Waals surface area contributed by atoms with Crippen LogP contribution in [0, 0.1) is 19.8 Å². The summed E-state index contributed by atoms with van der Waals surface area (Å²) in [6.45, 7) is 14.1. The van der Waals surface area contributed by atoms with Gasteiger partial charge in [-0.2, -0.15) is 0 Å². The highest BCUT2D eigenvalue weighted by Crippen LogP contribution is 2.55. The van der Waals surface area contributed by atoms with E-state index < -0.39 is 0 Å². The zero-order chi connectivity index (χ0) is 26.2. The standard InChI is InChI=1S/C36H43N/c1-24-25(2)29(6)35(28(24)5)36(30-16-10-7-11-17-30,31-18-12-8-13-19-31)33-22-23-34(27(4)26(33)3)37-32-20-14-9-15-21-32/h7-8,10-13,16-19,22-23,28,32,37H,9,14-15,20-21H2,1-6H3. The molecule has 37 heavy (non-hydrogen) atoms. The molecule has 5 rings (SSSR count). The summed E-state index contributed by atoms with van der Waals surface area (Å²) in [6, 6.07) is 27.9. The Morgan fingerprint density at radius 1 is 0.649 bits per heavy atom. The summed E-state index contributed by atoms with van der Waals surface area (Å²) in [5, 5.41) is 3.93. The summed E-state index contributed by atoms with van der Waals surface area (Å²) in [6.07, 6.45) is 6.63. The van der Waals surface area contributed by atoms with Gasteiger partial charge in [0.25, 0.3) is 0 Å². The summed E-state index contributed by atoms with van der Waals surface area (Å²) in [7, 11) is 0. The van der Waals surface area contributed by atoms with Crippen molar-refractivity contribution in [2.24, 2.45) is 5.92 Å². The van der Waals surface area contributed by atoms with Crippen LogP contribution in [-0.2, 0) is 5.41 Å². The van der Waals surface area contributed by atoms with Crippen molar-refractivity contribution in [1.82, 2.24) is 0 Å². The molecule has 0 spiro atoms. The van der Waals surface area contributed by atoms with E-state index in [0.29, 0.717) is 12.0 Å². The van der Waals surface area contributed by atoms with Crippen LogP contribution in [0.4, 0.5) is 5.69 Å². The lowest BCUT2D eigenvalue weighted by atomic mass is 9.60. The average Bonchev–Trinajstić information content (AvgIpc) is 3.13. The third-order valence-electron chi connectivity index (χ3n) is 9.61. The summed E-state index contributed by atoms with van der Waals surface area (Å²) < 4.78 is 0. The van der Waals surface area contributed by atoms with Gasteiger partial charge in [-0.25, -0.2) is 0 Å². The van der Waals surface area contributed by atoms with E-state index in [-0.39, 0.29) is 5.41 Å².